The molecule has 1 aliphatic rings. The van der Waals surface area contributed by atoms with Gasteiger partial charge in [0.05, 0.1) is 0 Å². The predicted molar refractivity (Wildman–Crippen MR) is 83.0 cm³/mol. The molecule has 1 aliphatic carbocycles. The van der Waals surface area contributed by atoms with Gasteiger partial charge in [-0.05, 0) is 25.8 Å². The Hall–Kier alpha value is -2.40. The number of hydrogen-bond donors (Lipinski definition) is 2. The lowest BCUT2D eigenvalue weighted by molar-refractivity contribution is 0.458. The highest BCUT2D eigenvalue weighted by molar-refractivity contribution is 5.57. The number of benzene rings is 1. The monoisotopic (exact) mass is 282 g/mol. The number of para-hydroxylation sites is 1. The van der Waals surface area contributed by atoms with Crippen LogP contribution in [0.5, 0.6) is 11.6 Å². The van der Waals surface area contributed by atoms with E-state index in [1.165, 1.54) is 0 Å². The first-order valence-corrected chi connectivity index (χ1v) is 7.05. The van der Waals surface area contributed by atoms with Crippen LogP contribution in [-0.2, 0) is 0 Å². The van der Waals surface area contributed by atoms with E-state index in [1.54, 1.807) is 6.07 Å². The zero-order chi connectivity index (χ0) is 14.7. The lowest BCUT2D eigenvalue weighted by Gasteiger charge is -2.10. The summed E-state index contributed by atoms with van der Waals surface area (Å²) >= 11 is 0. The molecule has 5 nitrogen and oxygen atoms in total. The maximum Gasteiger partial charge on any atom is 0.224 e. The van der Waals surface area contributed by atoms with Crippen LogP contribution in [0, 0.1) is 0 Å². The van der Waals surface area contributed by atoms with E-state index in [-0.39, 0.29) is 0 Å². The summed E-state index contributed by atoms with van der Waals surface area (Å²) in [4.78, 5) is 8.86. The molecule has 108 valence electrons. The van der Waals surface area contributed by atoms with Gasteiger partial charge in [-0.15, -0.1) is 0 Å². The molecule has 0 spiro atoms. The first kappa shape index (κ1) is 13.6. The van der Waals surface area contributed by atoms with Crippen LogP contribution in [-0.4, -0.2) is 9.97 Å². The molecule has 1 aromatic heterocycles. The van der Waals surface area contributed by atoms with Crippen LogP contribution in [0.3, 0.4) is 0 Å². The Balaban J connectivity index is 1.92. The fourth-order valence-electron chi connectivity index (χ4n) is 2.10. The highest BCUT2D eigenvalue weighted by Gasteiger charge is 2.27. The average molecular weight is 282 g/mol. The summed E-state index contributed by atoms with van der Waals surface area (Å²) in [6.07, 6.45) is 6.23. The van der Waals surface area contributed by atoms with Crippen LogP contribution < -0.4 is 16.0 Å². The lowest BCUT2D eigenvalue weighted by Crippen LogP contribution is -2.10. The number of ether oxygens (including phenoxy) is 1. The number of nitrogens with one attached hydrogen (secondary N) is 1. The second-order valence-corrected chi connectivity index (χ2v) is 5.01. The summed E-state index contributed by atoms with van der Waals surface area (Å²) in [7, 11) is 0. The largest absolute Gasteiger partial charge is 0.438 e. The van der Waals surface area contributed by atoms with Crippen LogP contribution in [0.25, 0.3) is 6.08 Å². The fraction of sp³-hybridized carbons (Fsp3) is 0.250. The number of hydrogen-bond acceptors (Lipinski definition) is 5. The van der Waals surface area contributed by atoms with Crippen molar-refractivity contribution in [3.8, 4) is 11.6 Å². The molecule has 3 rings (SSSR count). The van der Waals surface area contributed by atoms with E-state index in [0.717, 1.165) is 30.0 Å². The SMILES string of the molecule is C/C=C/c1ccccc1Oc1cc(NN)nc(C2CC2)n1. The quantitative estimate of drug-likeness (QED) is 0.649. The van der Waals surface area contributed by atoms with Gasteiger partial charge in [0.15, 0.2) is 0 Å². The van der Waals surface area contributed by atoms with Crippen LogP contribution in [0.2, 0.25) is 0 Å². The topological polar surface area (TPSA) is 73.1 Å². The highest BCUT2D eigenvalue weighted by Crippen LogP contribution is 2.39. The minimum absolute atomic E-state index is 0.437. The molecule has 1 saturated carbocycles. The summed E-state index contributed by atoms with van der Waals surface area (Å²) in [5.41, 5.74) is 3.58. The van der Waals surface area contributed by atoms with Crippen molar-refractivity contribution in [1.29, 1.82) is 0 Å². The minimum atomic E-state index is 0.437. The highest BCUT2D eigenvalue weighted by atomic mass is 16.5. The molecule has 0 unspecified atom stereocenters. The van der Waals surface area contributed by atoms with Crippen LogP contribution in [0.15, 0.2) is 36.4 Å². The van der Waals surface area contributed by atoms with Crippen molar-refractivity contribution in [2.75, 3.05) is 5.43 Å². The number of aromatic nitrogens is 2. The van der Waals surface area contributed by atoms with Crippen molar-refractivity contribution < 1.29 is 4.74 Å². The van der Waals surface area contributed by atoms with E-state index in [9.17, 15) is 0 Å². The van der Waals surface area contributed by atoms with E-state index in [2.05, 4.69) is 15.4 Å². The Bertz CT molecular complexity index is 665. The number of anilines is 1. The van der Waals surface area contributed by atoms with Gasteiger partial charge in [0.2, 0.25) is 5.88 Å². The summed E-state index contributed by atoms with van der Waals surface area (Å²) < 4.78 is 5.93. The maximum absolute atomic E-state index is 5.93. The summed E-state index contributed by atoms with van der Waals surface area (Å²) in [5, 5.41) is 0. The van der Waals surface area contributed by atoms with Gasteiger partial charge >= 0.3 is 0 Å². The average Bonchev–Trinajstić information content (AvgIpc) is 3.34. The summed E-state index contributed by atoms with van der Waals surface area (Å²) in [6.45, 7) is 1.98. The Morgan fingerprint density at radius 3 is 2.81 bits per heavy atom. The molecule has 1 fully saturated rings. The van der Waals surface area contributed by atoms with E-state index >= 15 is 0 Å². The molecule has 3 N–H and O–H groups in total. The number of nitrogen functional groups attached to an aromatic ring is 1. The molecule has 0 aliphatic heterocycles. The van der Waals surface area contributed by atoms with Crippen LogP contribution in [0.1, 0.15) is 37.1 Å². The summed E-state index contributed by atoms with van der Waals surface area (Å²) in [6, 6.07) is 9.54. The predicted octanol–water partition coefficient (Wildman–Crippen LogP) is 3.47. The molecular formula is C16H18N4O. The van der Waals surface area contributed by atoms with E-state index < -0.39 is 0 Å². The maximum atomic E-state index is 5.93. The van der Waals surface area contributed by atoms with Crippen molar-refractivity contribution in [1.82, 2.24) is 9.97 Å². The van der Waals surface area contributed by atoms with Crippen molar-refractivity contribution >= 4 is 11.9 Å². The van der Waals surface area contributed by atoms with Crippen molar-refractivity contribution in [2.24, 2.45) is 5.84 Å². The van der Waals surface area contributed by atoms with Crippen molar-refractivity contribution in [3.63, 3.8) is 0 Å². The molecule has 21 heavy (non-hydrogen) atoms. The van der Waals surface area contributed by atoms with Crippen molar-refractivity contribution in [2.45, 2.75) is 25.7 Å². The van der Waals surface area contributed by atoms with Gasteiger partial charge in [0.25, 0.3) is 0 Å². The smallest absolute Gasteiger partial charge is 0.224 e. The molecule has 0 atom stereocenters. The summed E-state index contributed by atoms with van der Waals surface area (Å²) in [5.74, 6) is 8.55. The number of rotatable bonds is 5. The van der Waals surface area contributed by atoms with Gasteiger partial charge in [0.1, 0.15) is 17.4 Å². The zero-order valence-corrected chi connectivity index (χ0v) is 11.9. The number of allylic oxidation sites excluding steroid dienone is 1. The van der Waals surface area contributed by atoms with Gasteiger partial charge in [-0.1, -0.05) is 30.4 Å². The van der Waals surface area contributed by atoms with E-state index in [1.807, 2.05) is 43.3 Å². The van der Waals surface area contributed by atoms with Gasteiger partial charge < -0.3 is 10.2 Å². The van der Waals surface area contributed by atoms with Crippen LogP contribution >= 0.6 is 0 Å². The molecule has 0 saturated heterocycles. The number of nitrogens with zero attached hydrogens (tertiary/aromatic N) is 2. The third-order valence-electron chi connectivity index (χ3n) is 3.29. The molecular weight excluding hydrogens is 264 g/mol. The van der Waals surface area contributed by atoms with Gasteiger partial charge in [0, 0.05) is 17.5 Å². The second-order valence-electron chi connectivity index (χ2n) is 5.01. The lowest BCUT2D eigenvalue weighted by atomic mass is 10.2. The number of hydrazine groups is 1. The zero-order valence-electron chi connectivity index (χ0n) is 11.9. The van der Waals surface area contributed by atoms with Crippen molar-refractivity contribution in [3.05, 3.63) is 47.8 Å². The standard InChI is InChI=1S/C16H18N4O/c1-2-5-11-6-3-4-7-13(11)21-15-10-14(20-17)18-16(19-15)12-8-9-12/h2-7,10,12H,8-9,17H2,1H3,(H,18,19,20)/b5-2+. The van der Waals surface area contributed by atoms with E-state index in [0.29, 0.717) is 17.6 Å². The molecule has 5 heteroatoms. The first-order chi connectivity index (χ1) is 10.3. The fourth-order valence-corrected chi connectivity index (χ4v) is 2.10. The molecule has 0 bridgehead atoms. The third kappa shape index (κ3) is 3.20. The molecule has 1 aromatic carbocycles. The van der Waals surface area contributed by atoms with Crippen LogP contribution in [0.4, 0.5) is 5.82 Å². The Morgan fingerprint density at radius 1 is 1.29 bits per heavy atom. The second kappa shape index (κ2) is 5.93. The van der Waals surface area contributed by atoms with Gasteiger partial charge in [-0.3, -0.25) is 0 Å². The first-order valence-electron chi connectivity index (χ1n) is 7.05. The van der Waals surface area contributed by atoms with Gasteiger partial charge in [-0.25, -0.2) is 10.8 Å². The molecule has 2 aromatic rings. The third-order valence-corrected chi connectivity index (χ3v) is 3.29. The number of nitrogens with two attached hydrogens (primary N) is 1. The Kier molecular flexibility index (Phi) is 3.83. The Labute approximate surface area is 123 Å². The van der Waals surface area contributed by atoms with Gasteiger partial charge in [-0.2, -0.15) is 4.98 Å². The molecule has 0 radical (unpaired) electrons. The molecule has 1 heterocycles. The minimum Gasteiger partial charge on any atom is -0.438 e. The normalized spacial score (nSPS) is 14.4. The molecule has 0 amide bonds. The Morgan fingerprint density at radius 2 is 2.10 bits per heavy atom. The van der Waals surface area contributed by atoms with E-state index in [4.69, 9.17) is 10.6 Å².